The number of hydrogen-bond acceptors (Lipinski definition) is 3. The van der Waals surface area contributed by atoms with Crippen LogP contribution < -0.4 is 10.1 Å². The first-order valence-electron chi connectivity index (χ1n) is 10.6. The van der Waals surface area contributed by atoms with Gasteiger partial charge in [0.1, 0.15) is 5.75 Å². The maximum Gasteiger partial charge on any atom is 0.255 e. The van der Waals surface area contributed by atoms with Crippen LogP contribution >= 0.6 is 11.6 Å². The molecule has 0 saturated heterocycles. The molecule has 0 atom stereocenters. The van der Waals surface area contributed by atoms with Gasteiger partial charge in [0.25, 0.3) is 5.91 Å². The SMILES string of the molecule is Cc1ccccc1CC(=O)N1CCCCNC(=O)c2cc(Cl)ccc2OCCCC1. The van der Waals surface area contributed by atoms with Crippen LogP contribution in [0.4, 0.5) is 0 Å². The second kappa shape index (κ2) is 11.0. The first kappa shape index (κ1) is 22.2. The number of nitrogens with zero attached hydrogens (tertiary/aromatic N) is 1. The molecule has 0 bridgehead atoms. The number of carbonyl (C=O) groups is 2. The number of carbonyl (C=O) groups excluding carboxylic acids is 2. The van der Waals surface area contributed by atoms with Crippen molar-refractivity contribution in [1.82, 2.24) is 10.2 Å². The van der Waals surface area contributed by atoms with Crippen LogP contribution in [0.5, 0.6) is 5.75 Å². The number of rotatable bonds is 2. The molecule has 5 nitrogen and oxygen atoms in total. The van der Waals surface area contributed by atoms with Crippen LogP contribution in [-0.4, -0.2) is 43.0 Å². The summed E-state index contributed by atoms with van der Waals surface area (Å²) in [6.45, 7) is 4.49. The van der Waals surface area contributed by atoms with E-state index in [-0.39, 0.29) is 11.8 Å². The number of fused-ring (bicyclic) bond motifs is 1. The summed E-state index contributed by atoms with van der Waals surface area (Å²) in [6, 6.07) is 13.1. The van der Waals surface area contributed by atoms with Crippen molar-refractivity contribution in [3.05, 3.63) is 64.2 Å². The largest absolute Gasteiger partial charge is 0.493 e. The van der Waals surface area contributed by atoms with E-state index in [4.69, 9.17) is 16.3 Å². The predicted octanol–water partition coefficient (Wildman–Crippen LogP) is 4.40. The summed E-state index contributed by atoms with van der Waals surface area (Å²) in [5, 5.41) is 3.44. The smallest absolute Gasteiger partial charge is 0.255 e. The van der Waals surface area contributed by atoms with Crippen molar-refractivity contribution in [3.63, 3.8) is 0 Å². The van der Waals surface area contributed by atoms with Gasteiger partial charge in [-0.25, -0.2) is 0 Å². The molecular formula is C24H29ClN2O3. The third-order valence-electron chi connectivity index (χ3n) is 5.36. The van der Waals surface area contributed by atoms with E-state index in [1.54, 1.807) is 18.2 Å². The average Bonchev–Trinajstić information content (AvgIpc) is 2.73. The topological polar surface area (TPSA) is 58.6 Å². The van der Waals surface area contributed by atoms with Crippen LogP contribution in [0, 0.1) is 6.92 Å². The first-order chi connectivity index (χ1) is 14.5. The summed E-state index contributed by atoms with van der Waals surface area (Å²) in [5.41, 5.74) is 2.69. The summed E-state index contributed by atoms with van der Waals surface area (Å²) < 4.78 is 5.84. The lowest BCUT2D eigenvalue weighted by molar-refractivity contribution is -0.130. The minimum atomic E-state index is -0.183. The fraction of sp³-hybridized carbons (Fsp3) is 0.417. The molecule has 1 N–H and O–H groups in total. The van der Waals surface area contributed by atoms with E-state index in [0.29, 0.717) is 49.0 Å². The monoisotopic (exact) mass is 428 g/mol. The van der Waals surface area contributed by atoms with E-state index in [0.717, 1.165) is 36.8 Å². The van der Waals surface area contributed by atoms with E-state index in [1.165, 1.54) is 0 Å². The van der Waals surface area contributed by atoms with Crippen molar-refractivity contribution < 1.29 is 14.3 Å². The fourth-order valence-electron chi connectivity index (χ4n) is 3.56. The third kappa shape index (κ3) is 6.23. The number of nitrogens with one attached hydrogen (secondary N) is 1. The second-order valence-electron chi connectivity index (χ2n) is 7.64. The number of hydrogen-bond donors (Lipinski definition) is 1. The van der Waals surface area contributed by atoms with Gasteiger partial charge >= 0.3 is 0 Å². The molecule has 2 aromatic carbocycles. The Hall–Kier alpha value is -2.53. The highest BCUT2D eigenvalue weighted by atomic mass is 35.5. The Morgan fingerprint density at radius 1 is 1.10 bits per heavy atom. The number of ether oxygens (including phenoxy) is 1. The highest BCUT2D eigenvalue weighted by Gasteiger charge is 2.17. The minimum absolute atomic E-state index is 0.154. The molecule has 160 valence electrons. The maximum atomic E-state index is 12.9. The third-order valence-corrected chi connectivity index (χ3v) is 5.60. The quantitative estimate of drug-likeness (QED) is 0.771. The van der Waals surface area contributed by atoms with Crippen molar-refractivity contribution >= 4 is 23.4 Å². The minimum Gasteiger partial charge on any atom is -0.493 e. The molecule has 0 radical (unpaired) electrons. The Morgan fingerprint density at radius 2 is 1.87 bits per heavy atom. The van der Waals surface area contributed by atoms with E-state index >= 15 is 0 Å². The zero-order valence-corrected chi connectivity index (χ0v) is 18.2. The summed E-state index contributed by atoms with van der Waals surface area (Å²) in [5.74, 6) is 0.514. The lowest BCUT2D eigenvalue weighted by Gasteiger charge is -2.24. The van der Waals surface area contributed by atoms with Gasteiger partial charge in [0, 0.05) is 24.7 Å². The van der Waals surface area contributed by atoms with Crippen LogP contribution in [0.3, 0.4) is 0 Å². The average molecular weight is 429 g/mol. The Balaban J connectivity index is 1.63. The van der Waals surface area contributed by atoms with Crippen LogP contribution in [0.15, 0.2) is 42.5 Å². The van der Waals surface area contributed by atoms with Gasteiger partial charge in [0.15, 0.2) is 0 Å². The number of benzene rings is 2. The molecule has 0 aromatic heterocycles. The number of halogens is 1. The van der Waals surface area contributed by atoms with Crippen LogP contribution in [-0.2, 0) is 11.2 Å². The molecule has 1 aliphatic rings. The van der Waals surface area contributed by atoms with Gasteiger partial charge in [-0.1, -0.05) is 35.9 Å². The lowest BCUT2D eigenvalue weighted by atomic mass is 10.0. The van der Waals surface area contributed by atoms with Crippen molar-refractivity contribution in [2.45, 2.75) is 39.0 Å². The molecule has 0 spiro atoms. The first-order valence-corrected chi connectivity index (χ1v) is 11.0. The van der Waals surface area contributed by atoms with Crippen molar-refractivity contribution in [2.75, 3.05) is 26.2 Å². The highest BCUT2D eigenvalue weighted by Crippen LogP contribution is 2.23. The van der Waals surface area contributed by atoms with Crippen molar-refractivity contribution in [3.8, 4) is 5.75 Å². The Kier molecular flexibility index (Phi) is 8.14. The fourth-order valence-corrected chi connectivity index (χ4v) is 3.73. The molecular weight excluding hydrogens is 400 g/mol. The zero-order valence-electron chi connectivity index (χ0n) is 17.5. The number of aryl methyl sites for hydroxylation is 1. The molecule has 0 saturated carbocycles. The van der Waals surface area contributed by atoms with Crippen molar-refractivity contribution in [2.24, 2.45) is 0 Å². The van der Waals surface area contributed by atoms with Crippen LogP contribution in [0.1, 0.15) is 47.2 Å². The van der Waals surface area contributed by atoms with Crippen molar-refractivity contribution in [1.29, 1.82) is 0 Å². The van der Waals surface area contributed by atoms with Gasteiger partial charge in [-0.15, -0.1) is 0 Å². The van der Waals surface area contributed by atoms with Gasteiger partial charge in [0.2, 0.25) is 5.91 Å². The van der Waals surface area contributed by atoms with E-state index < -0.39 is 0 Å². The summed E-state index contributed by atoms with van der Waals surface area (Å²) in [7, 11) is 0. The molecule has 30 heavy (non-hydrogen) atoms. The van der Waals surface area contributed by atoms with Gasteiger partial charge in [-0.2, -0.15) is 0 Å². The van der Waals surface area contributed by atoms with Gasteiger partial charge in [-0.05, 0) is 61.9 Å². The maximum absolute atomic E-state index is 12.9. The Labute approximate surface area is 183 Å². The Bertz CT molecular complexity index is 885. The molecule has 0 fully saturated rings. The summed E-state index contributed by atoms with van der Waals surface area (Å²) in [4.78, 5) is 27.4. The molecule has 6 heteroatoms. The normalized spacial score (nSPS) is 16.1. The summed E-state index contributed by atoms with van der Waals surface area (Å²) in [6.07, 6.45) is 3.73. The Morgan fingerprint density at radius 3 is 2.67 bits per heavy atom. The predicted molar refractivity (Wildman–Crippen MR) is 119 cm³/mol. The molecule has 0 unspecified atom stereocenters. The van der Waals surface area contributed by atoms with Crippen LogP contribution in [0.25, 0.3) is 0 Å². The van der Waals surface area contributed by atoms with Gasteiger partial charge in [0.05, 0.1) is 18.6 Å². The molecule has 1 heterocycles. The van der Waals surface area contributed by atoms with Crippen LogP contribution in [0.2, 0.25) is 5.02 Å². The second-order valence-corrected chi connectivity index (χ2v) is 8.08. The molecule has 2 aromatic rings. The van der Waals surface area contributed by atoms with Gasteiger partial charge < -0.3 is 15.0 Å². The molecule has 0 aliphatic carbocycles. The number of amides is 2. The van der Waals surface area contributed by atoms with Gasteiger partial charge in [-0.3, -0.25) is 9.59 Å². The summed E-state index contributed by atoms with van der Waals surface area (Å²) >= 11 is 6.06. The zero-order chi connectivity index (χ0) is 21.3. The molecule has 3 rings (SSSR count). The molecule has 2 amide bonds. The van der Waals surface area contributed by atoms with E-state index in [9.17, 15) is 9.59 Å². The van der Waals surface area contributed by atoms with E-state index in [2.05, 4.69) is 5.32 Å². The lowest BCUT2D eigenvalue weighted by Crippen LogP contribution is -2.35. The molecule has 1 aliphatic heterocycles. The van der Waals surface area contributed by atoms with E-state index in [1.807, 2.05) is 36.1 Å². The highest BCUT2D eigenvalue weighted by molar-refractivity contribution is 6.31. The standard InChI is InChI=1S/C24H29ClN2O3/c1-18-8-2-3-9-19(18)16-23(28)27-13-5-4-12-26-24(29)21-17-20(25)10-11-22(21)30-15-7-6-14-27/h2-3,8-11,17H,4-7,12-16H2,1H3,(H,26,29).